The van der Waals surface area contributed by atoms with Gasteiger partial charge >= 0.3 is 0 Å². The highest BCUT2D eigenvalue weighted by Gasteiger charge is 2.48. The van der Waals surface area contributed by atoms with Gasteiger partial charge in [-0.3, -0.25) is 14.4 Å². The molecule has 0 spiro atoms. The van der Waals surface area contributed by atoms with Gasteiger partial charge in [-0.1, -0.05) is 23.7 Å². The summed E-state index contributed by atoms with van der Waals surface area (Å²) in [6.07, 6.45) is -0.168. The molecule has 1 aliphatic heterocycles. The van der Waals surface area contributed by atoms with Crippen molar-refractivity contribution in [1.29, 1.82) is 0 Å². The van der Waals surface area contributed by atoms with E-state index in [1.807, 2.05) is 0 Å². The normalized spacial score (nSPS) is 17.2. The summed E-state index contributed by atoms with van der Waals surface area (Å²) >= 11 is 5.88. The van der Waals surface area contributed by atoms with Gasteiger partial charge in [0.05, 0.1) is 17.7 Å². The molecule has 0 N–H and O–H groups in total. The zero-order valence-electron chi connectivity index (χ0n) is 15.8. The Morgan fingerprint density at radius 3 is 2.29 bits per heavy atom. The van der Waals surface area contributed by atoms with Crippen LogP contribution in [0.1, 0.15) is 37.6 Å². The van der Waals surface area contributed by atoms with Crippen LogP contribution in [0, 0.1) is 5.82 Å². The molecular formula is C21H20ClFN2O3. The molecule has 1 heterocycles. The van der Waals surface area contributed by atoms with Crippen LogP contribution in [0.5, 0.6) is 0 Å². The van der Waals surface area contributed by atoms with Gasteiger partial charge < -0.3 is 4.90 Å². The number of hydrogen-bond acceptors (Lipinski definition) is 3. The van der Waals surface area contributed by atoms with E-state index in [4.69, 9.17) is 11.6 Å². The molecule has 1 fully saturated rings. The molecule has 5 nitrogen and oxygen atoms in total. The zero-order valence-corrected chi connectivity index (χ0v) is 16.5. The lowest BCUT2D eigenvalue weighted by Gasteiger charge is -2.39. The van der Waals surface area contributed by atoms with E-state index >= 15 is 0 Å². The molecule has 0 radical (unpaired) electrons. The van der Waals surface area contributed by atoms with E-state index in [0.717, 1.165) is 4.90 Å². The molecule has 0 bridgehead atoms. The van der Waals surface area contributed by atoms with Gasteiger partial charge in [-0.15, -0.1) is 0 Å². The molecule has 146 valence electrons. The van der Waals surface area contributed by atoms with Gasteiger partial charge in [-0.25, -0.2) is 9.29 Å². The number of amides is 3. The van der Waals surface area contributed by atoms with Crippen molar-refractivity contribution in [3.63, 3.8) is 0 Å². The highest BCUT2D eigenvalue weighted by atomic mass is 35.5. The van der Waals surface area contributed by atoms with Crippen LogP contribution in [0.25, 0.3) is 0 Å². The molecule has 1 unspecified atom stereocenters. The van der Waals surface area contributed by atoms with Crippen molar-refractivity contribution in [2.45, 2.75) is 38.8 Å². The number of anilines is 1. The van der Waals surface area contributed by atoms with Crippen molar-refractivity contribution < 1.29 is 18.8 Å². The SMILES string of the molecule is CC(C)(C)N(C(=O)c1ccccc1F)C1CC(=O)N(c2ccc(Cl)cc2)C1=O. The minimum absolute atomic E-state index is 0.136. The van der Waals surface area contributed by atoms with Gasteiger partial charge in [0, 0.05) is 10.6 Å². The average Bonchev–Trinajstić information content (AvgIpc) is 2.89. The fourth-order valence-corrected chi connectivity index (χ4v) is 3.48. The number of carbonyl (C=O) groups is 3. The maximum absolute atomic E-state index is 14.2. The summed E-state index contributed by atoms with van der Waals surface area (Å²) in [5, 5.41) is 0.477. The number of carbonyl (C=O) groups excluding carboxylic acids is 3. The van der Waals surface area contributed by atoms with E-state index in [2.05, 4.69) is 0 Å². The molecule has 7 heteroatoms. The van der Waals surface area contributed by atoms with Gasteiger partial charge in [-0.2, -0.15) is 0 Å². The van der Waals surface area contributed by atoms with E-state index in [9.17, 15) is 18.8 Å². The van der Waals surface area contributed by atoms with Crippen LogP contribution in [0.3, 0.4) is 0 Å². The second-order valence-electron chi connectivity index (χ2n) is 7.59. The molecule has 1 aliphatic rings. The molecule has 2 aromatic carbocycles. The Morgan fingerprint density at radius 2 is 1.71 bits per heavy atom. The van der Waals surface area contributed by atoms with Crippen molar-refractivity contribution in [1.82, 2.24) is 4.90 Å². The summed E-state index contributed by atoms with van der Waals surface area (Å²) in [6, 6.07) is 10.9. The first-order valence-electron chi connectivity index (χ1n) is 8.82. The number of rotatable bonds is 3. The highest BCUT2D eigenvalue weighted by molar-refractivity contribution is 6.31. The number of benzene rings is 2. The Morgan fingerprint density at radius 1 is 1.11 bits per heavy atom. The second kappa shape index (κ2) is 7.36. The fraction of sp³-hybridized carbons (Fsp3) is 0.286. The number of imide groups is 1. The summed E-state index contributed by atoms with van der Waals surface area (Å²) in [5.74, 6) is -2.25. The van der Waals surface area contributed by atoms with Crippen molar-refractivity contribution in [3.05, 3.63) is 64.9 Å². The molecule has 0 saturated carbocycles. The van der Waals surface area contributed by atoms with Crippen molar-refractivity contribution >= 4 is 35.0 Å². The fourth-order valence-electron chi connectivity index (χ4n) is 3.36. The summed E-state index contributed by atoms with van der Waals surface area (Å²) in [4.78, 5) is 41.2. The quantitative estimate of drug-likeness (QED) is 0.728. The van der Waals surface area contributed by atoms with Crippen LogP contribution in [-0.4, -0.2) is 34.2 Å². The molecule has 0 aliphatic carbocycles. The monoisotopic (exact) mass is 402 g/mol. The van der Waals surface area contributed by atoms with Gasteiger partial charge in [0.1, 0.15) is 11.9 Å². The van der Waals surface area contributed by atoms with Crippen LogP contribution in [0.4, 0.5) is 10.1 Å². The molecule has 0 aromatic heterocycles. The Labute approximate surface area is 167 Å². The van der Waals surface area contributed by atoms with E-state index < -0.39 is 35.1 Å². The average molecular weight is 403 g/mol. The maximum atomic E-state index is 14.2. The molecule has 3 amide bonds. The van der Waals surface area contributed by atoms with Crippen LogP contribution in [0.15, 0.2) is 48.5 Å². The lowest BCUT2D eigenvalue weighted by molar-refractivity contribution is -0.123. The summed E-state index contributed by atoms with van der Waals surface area (Å²) < 4.78 is 14.2. The standard InChI is InChI=1S/C21H20ClFN2O3/c1-21(2,3)25(19(27)15-6-4-5-7-16(15)23)17-12-18(26)24(20(17)28)14-10-8-13(22)9-11-14/h4-11,17H,12H2,1-3H3. The molecule has 3 rings (SSSR count). The third kappa shape index (κ3) is 3.64. The number of nitrogens with zero attached hydrogens (tertiary/aromatic N) is 2. The van der Waals surface area contributed by atoms with Gasteiger partial charge in [0.2, 0.25) is 5.91 Å². The van der Waals surface area contributed by atoms with Crippen molar-refractivity contribution in [2.75, 3.05) is 4.90 Å². The van der Waals surface area contributed by atoms with E-state index in [-0.39, 0.29) is 12.0 Å². The largest absolute Gasteiger partial charge is 0.321 e. The Hall–Kier alpha value is -2.73. The lowest BCUT2D eigenvalue weighted by Crippen LogP contribution is -2.54. The maximum Gasteiger partial charge on any atom is 0.257 e. The first kappa shape index (κ1) is 20.0. The topological polar surface area (TPSA) is 57.7 Å². The first-order chi connectivity index (χ1) is 13.1. The van der Waals surface area contributed by atoms with Crippen LogP contribution >= 0.6 is 11.6 Å². The number of halogens is 2. The minimum Gasteiger partial charge on any atom is -0.321 e. The van der Waals surface area contributed by atoms with Crippen molar-refractivity contribution in [3.8, 4) is 0 Å². The van der Waals surface area contributed by atoms with Gasteiger partial charge in [-0.05, 0) is 57.2 Å². The van der Waals surface area contributed by atoms with Crippen LogP contribution in [0.2, 0.25) is 5.02 Å². The van der Waals surface area contributed by atoms with Gasteiger partial charge in [0.15, 0.2) is 0 Å². The summed E-state index contributed by atoms with van der Waals surface area (Å²) in [6.45, 7) is 5.23. The van der Waals surface area contributed by atoms with Crippen molar-refractivity contribution in [2.24, 2.45) is 0 Å². The summed E-state index contributed by atoms with van der Waals surface area (Å²) in [5.41, 5.74) is -0.563. The third-order valence-electron chi connectivity index (χ3n) is 4.57. The molecule has 28 heavy (non-hydrogen) atoms. The number of hydrogen-bond donors (Lipinski definition) is 0. The first-order valence-corrected chi connectivity index (χ1v) is 9.19. The molecule has 1 atom stereocenters. The predicted octanol–water partition coefficient (Wildman–Crippen LogP) is 4.05. The Kier molecular flexibility index (Phi) is 5.26. The lowest BCUT2D eigenvalue weighted by atomic mass is 9.99. The van der Waals surface area contributed by atoms with Crippen LogP contribution in [-0.2, 0) is 9.59 Å². The zero-order chi connectivity index (χ0) is 20.6. The van der Waals surface area contributed by atoms with Gasteiger partial charge in [0.25, 0.3) is 11.8 Å². The Bertz CT molecular complexity index is 937. The molecular weight excluding hydrogens is 383 g/mol. The molecule has 2 aromatic rings. The summed E-state index contributed by atoms with van der Waals surface area (Å²) in [7, 11) is 0. The van der Waals surface area contributed by atoms with E-state index in [1.54, 1.807) is 51.1 Å². The smallest absolute Gasteiger partial charge is 0.257 e. The highest BCUT2D eigenvalue weighted by Crippen LogP contribution is 2.31. The third-order valence-corrected chi connectivity index (χ3v) is 4.82. The van der Waals surface area contributed by atoms with Crippen LogP contribution < -0.4 is 4.90 Å². The van der Waals surface area contributed by atoms with E-state index in [0.29, 0.717) is 10.7 Å². The Balaban J connectivity index is 1.99. The second-order valence-corrected chi connectivity index (χ2v) is 8.03. The predicted molar refractivity (Wildman–Crippen MR) is 105 cm³/mol. The minimum atomic E-state index is -1.02. The van der Waals surface area contributed by atoms with E-state index in [1.165, 1.54) is 23.1 Å². The molecule has 1 saturated heterocycles.